The van der Waals surface area contributed by atoms with E-state index in [1.165, 1.54) is 18.2 Å². The standard InChI is InChI=1S/C11H10N2O4S/c1-2-17-11(14)7-18-10-4-3-8(6-12)5-9(10)13(15)16/h3-5H,2,7H2,1H3. The Balaban J connectivity index is 2.86. The van der Waals surface area contributed by atoms with Gasteiger partial charge in [0.1, 0.15) is 0 Å². The number of benzene rings is 1. The maximum absolute atomic E-state index is 11.2. The molecule has 6 nitrogen and oxygen atoms in total. The van der Waals surface area contributed by atoms with E-state index in [1.54, 1.807) is 6.92 Å². The van der Waals surface area contributed by atoms with E-state index in [0.717, 1.165) is 11.8 Å². The van der Waals surface area contributed by atoms with E-state index in [1.807, 2.05) is 6.07 Å². The zero-order chi connectivity index (χ0) is 13.5. The van der Waals surface area contributed by atoms with Crippen molar-refractivity contribution in [2.24, 2.45) is 0 Å². The van der Waals surface area contributed by atoms with E-state index in [4.69, 9.17) is 10.00 Å². The number of carbonyl (C=O) groups excluding carboxylic acids is 1. The second-order valence-corrected chi connectivity index (χ2v) is 4.16. The Hall–Kier alpha value is -2.07. The lowest BCUT2D eigenvalue weighted by Crippen LogP contribution is -2.06. The zero-order valence-electron chi connectivity index (χ0n) is 9.58. The summed E-state index contributed by atoms with van der Waals surface area (Å²) in [7, 11) is 0. The first-order valence-corrected chi connectivity index (χ1v) is 6.04. The third-order valence-corrected chi connectivity index (χ3v) is 2.97. The Morgan fingerprint density at radius 2 is 2.33 bits per heavy atom. The van der Waals surface area contributed by atoms with Crippen LogP contribution in [0.5, 0.6) is 0 Å². The van der Waals surface area contributed by atoms with Gasteiger partial charge in [-0.15, -0.1) is 11.8 Å². The van der Waals surface area contributed by atoms with Crippen molar-refractivity contribution in [3.8, 4) is 6.07 Å². The molecule has 1 rings (SSSR count). The summed E-state index contributed by atoms with van der Waals surface area (Å²) in [4.78, 5) is 21.7. The maximum Gasteiger partial charge on any atom is 0.316 e. The largest absolute Gasteiger partial charge is 0.465 e. The van der Waals surface area contributed by atoms with Gasteiger partial charge in [0, 0.05) is 6.07 Å². The van der Waals surface area contributed by atoms with Gasteiger partial charge in [-0.3, -0.25) is 14.9 Å². The Morgan fingerprint density at radius 1 is 1.61 bits per heavy atom. The number of hydrogen-bond acceptors (Lipinski definition) is 6. The highest BCUT2D eigenvalue weighted by atomic mass is 32.2. The molecule has 0 saturated carbocycles. The Labute approximate surface area is 108 Å². The lowest BCUT2D eigenvalue weighted by Gasteiger charge is -2.03. The molecule has 0 saturated heterocycles. The van der Waals surface area contributed by atoms with Crippen LogP contribution in [0.4, 0.5) is 5.69 Å². The van der Waals surface area contributed by atoms with E-state index in [9.17, 15) is 14.9 Å². The predicted octanol–water partition coefficient (Wildman–Crippen LogP) is 2.12. The summed E-state index contributed by atoms with van der Waals surface area (Å²) in [5, 5.41) is 19.5. The fraction of sp³-hybridized carbons (Fsp3) is 0.273. The van der Waals surface area contributed by atoms with Gasteiger partial charge in [-0.25, -0.2) is 0 Å². The molecule has 0 amide bonds. The Bertz CT molecular complexity index is 510. The summed E-state index contributed by atoms with van der Waals surface area (Å²) >= 11 is 1.02. The first kappa shape index (κ1) is 14.0. The number of nitriles is 1. The first-order chi connectivity index (χ1) is 8.58. The van der Waals surface area contributed by atoms with Gasteiger partial charge in [0.2, 0.25) is 0 Å². The van der Waals surface area contributed by atoms with Gasteiger partial charge in [0.25, 0.3) is 5.69 Å². The van der Waals surface area contributed by atoms with Crippen LogP contribution in [0.2, 0.25) is 0 Å². The summed E-state index contributed by atoms with van der Waals surface area (Å²) in [5.41, 5.74) is 0.0329. The van der Waals surface area contributed by atoms with Crippen molar-refractivity contribution in [2.75, 3.05) is 12.4 Å². The molecule has 0 aliphatic carbocycles. The molecule has 0 aliphatic rings. The van der Waals surface area contributed by atoms with Gasteiger partial charge in [-0.05, 0) is 19.1 Å². The van der Waals surface area contributed by atoms with Crippen molar-refractivity contribution in [1.29, 1.82) is 5.26 Å². The number of nitro groups is 1. The van der Waals surface area contributed by atoms with Crippen molar-refractivity contribution >= 4 is 23.4 Å². The predicted molar refractivity (Wildman–Crippen MR) is 65.2 cm³/mol. The molecule has 0 atom stereocenters. The number of hydrogen-bond donors (Lipinski definition) is 0. The average molecular weight is 266 g/mol. The number of ether oxygens (including phenoxy) is 1. The van der Waals surface area contributed by atoms with Crippen LogP contribution in [0.25, 0.3) is 0 Å². The van der Waals surface area contributed by atoms with E-state index in [-0.39, 0.29) is 23.6 Å². The topological polar surface area (TPSA) is 93.2 Å². The number of carbonyl (C=O) groups is 1. The Kier molecular flexibility index (Phi) is 5.14. The molecule has 1 aromatic rings. The van der Waals surface area contributed by atoms with Gasteiger partial charge < -0.3 is 4.74 Å². The van der Waals surface area contributed by atoms with Crippen LogP contribution in [-0.2, 0) is 9.53 Å². The highest BCUT2D eigenvalue weighted by molar-refractivity contribution is 8.00. The minimum Gasteiger partial charge on any atom is -0.465 e. The molecule has 0 fully saturated rings. The van der Waals surface area contributed by atoms with Gasteiger partial charge in [-0.1, -0.05) is 0 Å². The van der Waals surface area contributed by atoms with Crippen LogP contribution in [0.1, 0.15) is 12.5 Å². The van der Waals surface area contributed by atoms with Crippen LogP contribution in [0.15, 0.2) is 23.1 Å². The highest BCUT2D eigenvalue weighted by Crippen LogP contribution is 2.29. The normalized spacial score (nSPS) is 9.56. The van der Waals surface area contributed by atoms with E-state index in [2.05, 4.69) is 0 Å². The van der Waals surface area contributed by atoms with E-state index >= 15 is 0 Å². The minimum absolute atomic E-state index is 0.000576. The molecular formula is C11H10N2O4S. The average Bonchev–Trinajstić information content (AvgIpc) is 2.36. The monoisotopic (exact) mass is 266 g/mol. The molecule has 94 valence electrons. The highest BCUT2D eigenvalue weighted by Gasteiger charge is 2.16. The third-order valence-electron chi connectivity index (χ3n) is 1.94. The molecule has 0 N–H and O–H groups in total. The second kappa shape index (κ2) is 6.61. The summed E-state index contributed by atoms with van der Waals surface area (Å²) in [5.74, 6) is -0.429. The van der Waals surface area contributed by atoms with Gasteiger partial charge in [0.15, 0.2) is 0 Å². The minimum atomic E-state index is -0.575. The molecule has 0 heterocycles. The number of esters is 1. The molecule has 0 spiro atoms. The van der Waals surface area contributed by atoms with Gasteiger partial charge in [-0.2, -0.15) is 5.26 Å². The second-order valence-electron chi connectivity index (χ2n) is 3.15. The van der Waals surface area contributed by atoms with Crippen molar-refractivity contribution in [3.63, 3.8) is 0 Å². The van der Waals surface area contributed by atoms with Crippen LogP contribution in [-0.4, -0.2) is 23.3 Å². The van der Waals surface area contributed by atoms with Gasteiger partial charge in [0.05, 0.1) is 33.8 Å². The summed E-state index contributed by atoms with van der Waals surface area (Å²) < 4.78 is 4.73. The number of rotatable bonds is 5. The molecule has 1 aromatic carbocycles. The first-order valence-electron chi connectivity index (χ1n) is 5.05. The Morgan fingerprint density at radius 3 is 2.89 bits per heavy atom. The lowest BCUT2D eigenvalue weighted by molar-refractivity contribution is -0.387. The summed E-state index contributed by atoms with van der Waals surface area (Å²) in [6.07, 6.45) is 0. The molecular weight excluding hydrogens is 256 g/mol. The van der Waals surface area contributed by atoms with Crippen molar-refractivity contribution in [3.05, 3.63) is 33.9 Å². The lowest BCUT2D eigenvalue weighted by atomic mass is 10.2. The van der Waals surface area contributed by atoms with Crippen LogP contribution in [0, 0.1) is 21.4 Å². The van der Waals surface area contributed by atoms with Crippen molar-refractivity contribution < 1.29 is 14.5 Å². The van der Waals surface area contributed by atoms with Crippen LogP contribution < -0.4 is 0 Å². The number of thioether (sulfide) groups is 1. The molecule has 0 unspecified atom stereocenters. The zero-order valence-corrected chi connectivity index (χ0v) is 10.4. The molecule has 18 heavy (non-hydrogen) atoms. The van der Waals surface area contributed by atoms with E-state index in [0.29, 0.717) is 4.90 Å². The number of nitro benzene ring substituents is 1. The fourth-order valence-electron chi connectivity index (χ4n) is 1.19. The SMILES string of the molecule is CCOC(=O)CSc1ccc(C#N)cc1[N+](=O)[O-]. The van der Waals surface area contributed by atoms with Crippen LogP contribution in [0.3, 0.4) is 0 Å². The molecule has 0 aromatic heterocycles. The molecule has 0 aliphatic heterocycles. The van der Waals surface area contributed by atoms with Crippen molar-refractivity contribution in [1.82, 2.24) is 0 Å². The molecule has 0 radical (unpaired) electrons. The molecule has 7 heteroatoms. The van der Waals surface area contributed by atoms with Crippen LogP contribution >= 0.6 is 11.8 Å². The molecule has 0 bridgehead atoms. The number of nitrogens with zero attached hydrogens (tertiary/aromatic N) is 2. The third kappa shape index (κ3) is 3.75. The fourth-order valence-corrected chi connectivity index (χ4v) is 1.99. The summed E-state index contributed by atoms with van der Waals surface area (Å²) in [6, 6.07) is 5.95. The summed E-state index contributed by atoms with van der Waals surface area (Å²) in [6.45, 7) is 1.96. The van der Waals surface area contributed by atoms with Gasteiger partial charge >= 0.3 is 5.97 Å². The maximum atomic E-state index is 11.2. The van der Waals surface area contributed by atoms with Crippen molar-refractivity contribution in [2.45, 2.75) is 11.8 Å². The van der Waals surface area contributed by atoms with E-state index < -0.39 is 10.9 Å². The quantitative estimate of drug-likeness (QED) is 0.351. The smallest absolute Gasteiger partial charge is 0.316 e.